The summed E-state index contributed by atoms with van der Waals surface area (Å²) in [6.45, 7) is 9.71. The quantitative estimate of drug-likeness (QED) is 0.484. The van der Waals surface area contributed by atoms with Gasteiger partial charge in [-0.2, -0.15) is 4.98 Å². The molecule has 3 aromatic rings. The maximum Gasteiger partial charge on any atom is 0.214 e. The second-order valence-electron chi connectivity index (χ2n) is 8.51. The lowest BCUT2D eigenvalue weighted by atomic mass is 10.2. The van der Waals surface area contributed by atoms with E-state index in [1.54, 1.807) is 19.2 Å². The minimum absolute atomic E-state index is 0.0459. The molecule has 0 radical (unpaired) electrons. The van der Waals surface area contributed by atoms with Gasteiger partial charge in [0.05, 0.1) is 29.1 Å². The summed E-state index contributed by atoms with van der Waals surface area (Å²) in [4.78, 5) is 18.1. The molecule has 3 heterocycles. The minimum atomic E-state index is -0.0459. The van der Waals surface area contributed by atoms with Crippen LogP contribution in [-0.4, -0.2) is 84.3 Å². The van der Waals surface area contributed by atoms with Crippen molar-refractivity contribution in [1.82, 2.24) is 24.8 Å². The highest BCUT2D eigenvalue weighted by molar-refractivity contribution is 6.33. The van der Waals surface area contributed by atoms with E-state index in [9.17, 15) is 0 Å². The van der Waals surface area contributed by atoms with Crippen LogP contribution in [0.1, 0.15) is 13.8 Å². The Morgan fingerprint density at radius 3 is 2.62 bits per heavy atom. The molecule has 0 unspecified atom stereocenters. The number of methoxy groups -OCH3 is 1. The molecule has 2 aromatic heterocycles. The highest BCUT2D eigenvalue weighted by atomic mass is 35.5. The van der Waals surface area contributed by atoms with Crippen LogP contribution in [0.2, 0.25) is 5.02 Å². The number of pyridine rings is 1. The molecule has 1 N–H and O–H groups in total. The lowest BCUT2D eigenvalue weighted by Gasteiger charge is -2.32. The molecular formula is C24H31ClN6O3. The molecule has 0 saturated carbocycles. The maximum atomic E-state index is 6.35. The second kappa shape index (κ2) is 11.0. The molecule has 1 aliphatic heterocycles. The topological polar surface area (TPSA) is 84.9 Å². The number of benzene rings is 1. The van der Waals surface area contributed by atoms with Crippen LogP contribution in [0.3, 0.4) is 0 Å². The number of aromatic nitrogens is 3. The SMILES string of the molecule is COc1ccc(Cl)c(Nc2ncnc3cc(OCCN4CCN(C)CC4)cc(OC(C)C)c23)n1. The molecule has 34 heavy (non-hydrogen) atoms. The van der Waals surface area contributed by atoms with Crippen molar-refractivity contribution in [3.05, 3.63) is 35.6 Å². The van der Waals surface area contributed by atoms with Crippen molar-refractivity contribution >= 4 is 34.1 Å². The Balaban J connectivity index is 1.59. The van der Waals surface area contributed by atoms with Gasteiger partial charge in [0.1, 0.15) is 30.3 Å². The molecule has 0 aliphatic carbocycles. The normalized spacial score (nSPS) is 15.0. The van der Waals surface area contributed by atoms with Gasteiger partial charge < -0.3 is 24.4 Å². The Kier molecular flexibility index (Phi) is 7.87. The number of hydrogen-bond acceptors (Lipinski definition) is 9. The van der Waals surface area contributed by atoms with Gasteiger partial charge in [-0.15, -0.1) is 0 Å². The predicted octanol–water partition coefficient (Wildman–Crippen LogP) is 3.84. The third-order valence-electron chi connectivity index (χ3n) is 5.58. The summed E-state index contributed by atoms with van der Waals surface area (Å²) >= 11 is 6.35. The average Bonchev–Trinajstić information content (AvgIpc) is 2.81. The van der Waals surface area contributed by atoms with Crippen LogP contribution in [0.5, 0.6) is 17.4 Å². The van der Waals surface area contributed by atoms with E-state index < -0.39 is 0 Å². The first kappa shape index (κ1) is 24.3. The van der Waals surface area contributed by atoms with Gasteiger partial charge in [0.2, 0.25) is 5.88 Å². The predicted molar refractivity (Wildman–Crippen MR) is 134 cm³/mol. The zero-order valence-electron chi connectivity index (χ0n) is 20.0. The summed E-state index contributed by atoms with van der Waals surface area (Å²) in [5.41, 5.74) is 0.698. The number of halogens is 1. The van der Waals surface area contributed by atoms with E-state index in [1.807, 2.05) is 26.0 Å². The number of rotatable bonds is 9. The first-order valence-corrected chi connectivity index (χ1v) is 11.8. The first-order valence-electron chi connectivity index (χ1n) is 11.4. The van der Waals surface area contributed by atoms with E-state index in [4.69, 9.17) is 25.8 Å². The van der Waals surface area contributed by atoms with Crippen molar-refractivity contribution in [1.29, 1.82) is 0 Å². The number of nitrogens with one attached hydrogen (secondary N) is 1. The smallest absolute Gasteiger partial charge is 0.214 e. The van der Waals surface area contributed by atoms with E-state index in [1.165, 1.54) is 6.33 Å². The summed E-state index contributed by atoms with van der Waals surface area (Å²) < 4.78 is 17.5. The van der Waals surface area contributed by atoms with E-state index in [0.717, 1.165) is 38.1 Å². The molecule has 182 valence electrons. The molecule has 1 fully saturated rings. The molecule has 0 atom stereocenters. The Bertz CT molecular complexity index is 1120. The average molecular weight is 487 g/mol. The van der Waals surface area contributed by atoms with E-state index in [2.05, 4.69) is 37.1 Å². The molecule has 0 bridgehead atoms. The van der Waals surface area contributed by atoms with Gasteiger partial charge in [0.15, 0.2) is 5.82 Å². The first-order chi connectivity index (χ1) is 16.4. The van der Waals surface area contributed by atoms with Crippen LogP contribution in [0, 0.1) is 0 Å². The van der Waals surface area contributed by atoms with E-state index in [-0.39, 0.29) is 6.10 Å². The molecule has 10 heteroatoms. The molecular weight excluding hydrogens is 456 g/mol. The zero-order valence-corrected chi connectivity index (χ0v) is 20.8. The van der Waals surface area contributed by atoms with Crippen molar-refractivity contribution in [3.63, 3.8) is 0 Å². The number of likely N-dealkylation sites (N-methyl/N-ethyl adjacent to an activating group) is 1. The Hall–Kier alpha value is -2.88. The fraction of sp³-hybridized carbons (Fsp3) is 0.458. The zero-order chi connectivity index (χ0) is 24.1. The summed E-state index contributed by atoms with van der Waals surface area (Å²) in [5.74, 6) is 2.75. The second-order valence-corrected chi connectivity index (χ2v) is 8.91. The number of ether oxygens (including phenoxy) is 3. The maximum absolute atomic E-state index is 6.35. The van der Waals surface area contributed by atoms with E-state index >= 15 is 0 Å². The molecule has 1 saturated heterocycles. The highest BCUT2D eigenvalue weighted by Crippen LogP contribution is 2.37. The third-order valence-corrected chi connectivity index (χ3v) is 5.88. The van der Waals surface area contributed by atoms with Gasteiger partial charge >= 0.3 is 0 Å². The minimum Gasteiger partial charge on any atom is -0.492 e. The van der Waals surface area contributed by atoms with Crippen molar-refractivity contribution in [3.8, 4) is 17.4 Å². The monoisotopic (exact) mass is 486 g/mol. The van der Waals surface area contributed by atoms with Crippen molar-refractivity contribution in [2.24, 2.45) is 0 Å². The van der Waals surface area contributed by atoms with Crippen molar-refractivity contribution in [2.75, 3.05) is 58.8 Å². The van der Waals surface area contributed by atoms with Gasteiger partial charge in [-0.1, -0.05) is 11.6 Å². The number of hydrogen-bond donors (Lipinski definition) is 1. The van der Waals surface area contributed by atoms with Crippen LogP contribution < -0.4 is 19.5 Å². The fourth-order valence-electron chi connectivity index (χ4n) is 3.76. The van der Waals surface area contributed by atoms with Gasteiger partial charge in [0.25, 0.3) is 0 Å². The van der Waals surface area contributed by atoms with Gasteiger partial charge in [-0.3, -0.25) is 4.90 Å². The van der Waals surface area contributed by atoms with Crippen LogP contribution in [0.15, 0.2) is 30.6 Å². The summed E-state index contributed by atoms with van der Waals surface area (Å²) in [5, 5.41) is 4.38. The molecule has 0 spiro atoms. The van der Waals surface area contributed by atoms with Gasteiger partial charge in [-0.05, 0) is 27.0 Å². The number of fused-ring (bicyclic) bond motifs is 1. The van der Waals surface area contributed by atoms with Crippen LogP contribution in [0.4, 0.5) is 11.6 Å². The van der Waals surface area contributed by atoms with Crippen LogP contribution in [-0.2, 0) is 0 Å². The summed E-state index contributed by atoms with van der Waals surface area (Å²) in [6.07, 6.45) is 1.45. The van der Waals surface area contributed by atoms with Crippen molar-refractivity contribution < 1.29 is 14.2 Å². The lowest BCUT2D eigenvalue weighted by molar-refractivity contribution is 0.133. The van der Waals surface area contributed by atoms with Gasteiger partial charge in [-0.25, -0.2) is 9.97 Å². The molecule has 9 nitrogen and oxygen atoms in total. The molecule has 1 aliphatic rings. The standard InChI is InChI=1S/C24H31ClN6O3/c1-16(2)34-20-14-17(33-12-11-31-9-7-30(3)8-10-31)13-19-22(20)24(27-15-26-19)29-23-18(25)5-6-21(28-23)32-4/h5-6,13-16H,7-12H2,1-4H3,(H,26,27,28,29). The van der Waals surface area contributed by atoms with Crippen molar-refractivity contribution in [2.45, 2.75) is 20.0 Å². The molecule has 0 amide bonds. The van der Waals surface area contributed by atoms with Gasteiger partial charge in [0, 0.05) is 50.9 Å². The fourth-order valence-corrected chi connectivity index (χ4v) is 3.91. The third kappa shape index (κ3) is 5.97. The number of piperazine rings is 1. The number of anilines is 2. The Morgan fingerprint density at radius 2 is 1.88 bits per heavy atom. The Morgan fingerprint density at radius 1 is 1.09 bits per heavy atom. The van der Waals surface area contributed by atoms with Crippen LogP contribution >= 0.6 is 11.6 Å². The Labute approximate surface area is 205 Å². The summed E-state index contributed by atoms with van der Waals surface area (Å²) in [7, 11) is 3.71. The lowest BCUT2D eigenvalue weighted by Crippen LogP contribution is -2.45. The van der Waals surface area contributed by atoms with Crippen LogP contribution in [0.25, 0.3) is 10.9 Å². The largest absolute Gasteiger partial charge is 0.492 e. The molecule has 4 rings (SSSR count). The molecule has 1 aromatic carbocycles. The number of nitrogens with zero attached hydrogens (tertiary/aromatic N) is 5. The summed E-state index contributed by atoms with van der Waals surface area (Å²) in [6, 6.07) is 7.21. The van der Waals surface area contributed by atoms with E-state index in [0.29, 0.717) is 46.2 Å². The highest BCUT2D eigenvalue weighted by Gasteiger charge is 2.17.